The Balaban J connectivity index is 1.57. The van der Waals surface area contributed by atoms with Gasteiger partial charge in [0.05, 0.1) is 16.8 Å². The zero-order chi connectivity index (χ0) is 20.5. The third-order valence-electron chi connectivity index (χ3n) is 5.60. The average molecular weight is 398 g/mol. The molecule has 0 atom stereocenters. The third-order valence-corrected chi connectivity index (χ3v) is 5.60. The first kappa shape index (κ1) is 18.4. The summed E-state index contributed by atoms with van der Waals surface area (Å²) >= 11 is 0. The molecular formula is C24H22N4O2. The fraction of sp³-hybridized carbons (Fsp3) is 0.208. The number of rotatable bonds is 4. The van der Waals surface area contributed by atoms with Crippen LogP contribution >= 0.6 is 0 Å². The fourth-order valence-corrected chi connectivity index (χ4v) is 4.06. The van der Waals surface area contributed by atoms with E-state index in [1.807, 2.05) is 37.3 Å². The summed E-state index contributed by atoms with van der Waals surface area (Å²) in [5.41, 5.74) is 5.60. The summed E-state index contributed by atoms with van der Waals surface area (Å²) in [7, 11) is 0. The van der Waals surface area contributed by atoms with Gasteiger partial charge in [0.2, 0.25) is 0 Å². The predicted molar refractivity (Wildman–Crippen MR) is 116 cm³/mol. The van der Waals surface area contributed by atoms with Gasteiger partial charge in [0.1, 0.15) is 12.9 Å². The molecule has 150 valence electrons. The van der Waals surface area contributed by atoms with Gasteiger partial charge in [0, 0.05) is 19.2 Å². The quantitative estimate of drug-likeness (QED) is 0.528. The summed E-state index contributed by atoms with van der Waals surface area (Å²) < 4.78 is 1.29. The van der Waals surface area contributed by atoms with Crippen molar-refractivity contribution < 1.29 is 4.84 Å². The van der Waals surface area contributed by atoms with E-state index >= 15 is 0 Å². The second-order valence-electron chi connectivity index (χ2n) is 7.52. The van der Waals surface area contributed by atoms with E-state index in [9.17, 15) is 4.79 Å². The highest BCUT2D eigenvalue weighted by molar-refractivity contribution is 5.91. The third kappa shape index (κ3) is 3.30. The monoisotopic (exact) mass is 398 g/mol. The largest absolute Gasteiger partial charge is 0.404 e. The molecule has 5 rings (SSSR count). The highest BCUT2D eigenvalue weighted by Gasteiger charge is 2.22. The van der Waals surface area contributed by atoms with Crippen molar-refractivity contribution in [1.82, 2.24) is 14.7 Å². The second kappa shape index (κ2) is 7.63. The Morgan fingerprint density at radius 2 is 1.77 bits per heavy atom. The minimum absolute atomic E-state index is 0.231. The SMILES string of the molecule is Cc1ncnc2c1c(N1CCc3ccccc3C1)cc(=O)n2OCc1ccccc1. The van der Waals surface area contributed by atoms with Crippen LogP contribution in [0.25, 0.3) is 11.0 Å². The molecule has 0 bridgehead atoms. The Labute approximate surface area is 174 Å². The highest BCUT2D eigenvalue weighted by atomic mass is 16.7. The van der Waals surface area contributed by atoms with E-state index in [1.54, 1.807) is 6.07 Å². The van der Waals surface area contributed by atoms with E-state index in [2.05, 4.69) is 39.1 Å². The maximum absolute atomic E-state index is 13.0. The number of fused-ring (bicyclic) bond motifs is 2. The van der Waals surface area contributed by atoms with Crippen LogP contribution < -0.4 is 15.3 Å². The van der Waals surface area contributed by atoms with Gasteiger partial charge in [-0.15, -0.1) is 4.73 Å². The van der Waals surface area contributed by atoms with Gasteiger partial charge in [-0.05, 0) is 30.0 Å². The van der Waals surface area contributed by atoms with Gasteiger partial charge < -0.3 is 9.74 Å². The summed E-state index contributed by atoms with van der Waals surface area (Å²) in [4.78, 5) is 30.0. The Kier molecular flexibility index (Phi) is 4.67. The molecule has 2 aromatic heterocycles. The molecule has 6 heteroatoms. The van der Waals surface area contributed by atoms with Crippen molar-refractivity contribution in [2.75, 3.05) is 11.4 Å². The van der Waals surface area contributed by atoms with Crippen LogP contribution in [0.1, 0.15) is 22.4 Å². The Hall–Kier alpha value is -3.67. The van der Waals surface area contributed by atoms with Crippen LogP contribution in [0, 0.1) is 6.92 Å². The minimum atomic E-state index is -0.231. The number of pyridine rings is 1. The highest BCUT2D eigenvalue weighted by Crippen LogP contribution is 2.30. The molecule has 1 aliphatic heterocycles. The molecule has 0 radical (unpaired) electrons. The smallest absolute Gasteiger partial charge is 0.287 e. The van der Waals surface area contributed by atoms with Crippen molar-refractivity contribution in [3.05, 3.63) is 99.7 Å². The number of aromatic nitrogens is 3. The van der Waals surface area contributed by atoms with Crippen molar-refractivity contribution in [2.45, 2.75) is 26.5 Å². The number of aryl methyl sites for hydroxylation is 1. The van der Waals surface area contributed by atoms with Crippen LogP contribution in [0.15, 0.2) is 71.8 Å². The number of nitrogens with zero attached hydrogens (tertiary/aromatic N) is 4. The summed E-state index contributed by atoms with van der Waals surface area (Å²) in [5, 5.41) is 0.851. The van der Waals surface area contributed by atoms with Crippen LogP contribution in [-0.4, -0.2) is 21.2 Å². The molecule has 0 amide bonds. The van der Waals surface area contributed by atoms with Crippen LogP contribution in [0.2, 0.25) is 0 Å². The first-order valence-electron chi connectivity index (χ1n) is 10.1. The lowest BCUT2D eigenvalue weighted by molar-refractivity contribution is 0.0979. The lowest BCUT2D eigenvalue weighted by Gasteiger charge is -2.31. The zero-order valence-electron chi connectivity index (χ0n) is 16.8. The first-order valence-corrected chi connectivity index (χ1v) is 10.1. The Morgan fingerprint density at radius 3 is 2.60 bits per heavy atom. The molecule has 0 saturated heterocycles. The zero-order valence-corrected chi connectivity index (χ0v) is 16.8. The van der Waals surface area contributed by atoms with E-state index in [-0.39, 0.29) is 12.2 Å². The van der Waals surface area contributed by atoms with Gasteiger partial charge in [-0.2, -0.15) is 0 Å². The van der Waals surface area contributed by atoms with Gasteiger partial charge in [0.25, 0.3) is 5.56 Å². The van der Waals surface area contributed by atoms with E-state index in [4.69, 9.17) is 4.84 Å². The number of hydrogen-bond acceptors (Lipinski definition) is 5. The molecule has 0 unspecified atom stereocenters. The molecule has 4 aromatic rings. The standard InChI is InChI=1S/C24H22N4O2/c1-17-23-21(27-12-11-19-9-5-6-10-20(19)14-27)13-22(29)28(24(23)26-16-25-17)30-15-18-7-3-2-4-8-18/h2-10,13,16H,11-12,14-15H2,1H3. The van der Waals surface area contributed by atoms with Crippen LogP contribution in [-0.2, 0) is 19.6 Å². The molecule has 30 heavy (non-hydrogen) atoms. The average Bonchev–Trinajstić information content (AvgIpc) is 2.78. The fourth-order valence-electron chi connectivity index (χ4n) is 4.06. The van der Waals surface area contributed by atoms with Crippen molar-refractivity contribution in [3.63, 3.8) is 0 Å². The van der Waals surface area contributed by atoms with Gasteiger partial charge in [-0.3, -0.25) is 4.79 Å². The first-order chi connectivity index (χ1) is 14.7. The summed E-state index contributed by atoms with van der Waals surface area (Å²) in [6.07, 6.45) is 2.42. The van der Waals surface area contributed by atoms with Crippen LogP contribution in [0.3, 0.4) is 0 Å². The number of anilines is 1. The molecule has 3 heterocycles. The van der Waals surface area contributed by atoms with Crippen LogP contribution in [0.5, 0.6) is 0 Å². The van der Waals surface area contributed by atoms with Crippen molar-refractivity contribution in [1.29, 1.82) is 0 Å². The van der Waals surface area contributed by atoms with Crippen molar-refractivity contribution >= 4 is 16.7 Å². The molecule has 0 spiro atoms. The number of hydrogen-bond donors (Lipinski definition) is 0. The normalized spacial score (nSPS) is 13.3. The molecule has 0 aliphatic carbocycles. The van der Waals surface area contributed by atoms with E-state index in [0.29, 0.717) is 5.65 Å². The van der Waals surface area contributed by atoms with Gasteiger partial charge >= 0.3 is 0 Å². The molecular weight excluding hydrogens is 376 g/mol. The summed E-state index contributed by atoms with van der Waals surface area (Å²) in [6.45, 7) is 3.83. The Morgan fingerprint density at radius 1 is 1.00 bits per heavy atom. The van der Waals surface area contributed by atoms with Gasteiger partial charge in [0.15, 0.2) is 5.65 Å². The molecule has 0 N–H and O–H groups in total. The molecule has 2 aromatic carbocycles. The van der Waals surface area contributed by atoms with Crippen LogP contribution in [0.4, 0.5) is 5.69 Å². The van der Waals surface area contributed by atoms with Crippen molar-refractivity contribution in [3.8, 4) is 0 Å². The minimum Gasteiger partial charge on any atom is -0.404 e. The topological polar surface area (TPSA) is 60.2 Å². The van der Waals surface area contributed by atoms with Gasteiger partial charge in [-0.1, -0.05) is 54.6 Å². The van der Waals surface area contributed by atoms with Crippen molar-refractivity contribution in [2.24, 2.45) is 0 Å². The molecule has 0 saturated carbocycles. The molecule has 0 fully saturated rings. The number of benzene rings is 2. The summed E-state index contributed by atoms with van der Waals surface area (Å²) in [5.74, 6) is 0. The van der Waals surface area contributed by atoms with Gasteiger partial charge in [-0.25, -0.2) is 9.97 Å². The maximum atomic E-state index is 13.0. The predicted octanol–water partition coefficient (Wildman–Crippen LogP) is 3.29. The van der Waals surface area contributed by atoms with E-state index in [0.717, 1.165) is 41.8 Å². The molecule has 1 aliphatic rings. The Bertz CT molecular complexity index is 1270. The second-order valence-corrected chi connectivity index (χ2v) is 7.52. The maximum Gasteiger partial charge on any atom is 0.287 e. The summed E-state index contributed by atoms with van der Waals surface area (Å²) in [6, 6.07) is 19.9. The lowest BCUT2D eigenvalue weighted by Crippen LogP contribution is -2.34. The lowest BCUT2D eigenvalue weighted by atomic mass is 9.99. The van der Waals surface area contributed by atoms with E-state index < -0.39 is 0 Å². The van der Waals surface area contributed by atoms with E-state index in [1.165, 1.54) is 22.2 Å². The molecule has 6 nitrogen and oxygen atoms in total.